The first-order valence-corrected chi connectivity index (χ1v) is 6.90. The smallest absolute Gasteiger partial charge is 0.144 e. The van der Waals surface area contributed by atoms with Gasteiger partial charge < -0.3 is 15.8 Å². The Bertz CT molecular complexity index is 562. The maximum atomic E-state index is 5.91. The predicted octanol–water partition coefficient (Wildman–Crippen LogP) is 3.98. The Labute approximate surface area is 120 Å². The molecule has 0 saturated carbocycles. The zero-order valence-corrected chi connectivity index (χ0v) is 12.3. The van der Waals surface area contributed by atoms with Crippen LogP contribution in [0.2, 0.25) is 0 Å². The van der Waals surface area contributed by atoms with E-state index in [-0.39, 0.29) is 6.10 Å². The van der Waals surface area contributed by atoms with Crippen molar-refractivity contribution < 1.29 is 4.74 Å². The minimum Gasteiger partial charge on any atom is -0.489 e. The molecule has 0 radical (unpaired) electrons. The van der Waals surface area contributed by atoms with E-state index < -0.39 is 0 Å². The molecule has 0 aliphatic carbocycles. The van der Waals surface area contributed by atoms with Gasteiger partial charge in [-0.2, -0.15) is 0 Å². The molecule has 106 valence electrons. The molecule has 0 saturated heterocycles. The zero-order valence-electron chi connectivity index (χ0n) is 12.3. The summed E-state index contributed by atoms with van der Waals surface area (Å²) in [4.78, 5) is 0. The minimum absolute atomic E-state index is 0.115. The van der Waals surface area contributed by atoms with Gasteiger partial charge in [0.25, 0.3) is 0 Å². The number of nitrogen functional groups attached to an aromatic ring is 1. The summed E-state index contributed by atoms with van der Waals surface area (Å²) in [6, 6.07) is 14.3. The molecule has 3 nitrogen and oxygen atoms in total. The summed E-state index contributed by atoms with van der Waals surface area (Å²) >= 11 is 0. The topological polar surface area (TPSA) is 47.3 Å². The van der Waals surface area contributed by atoms with Crippen molar-refractivity contribution in [1.29, 1.82) is 0 Å². The third-order valence-electron chi connectivity index (χ3n) is 2.99. The van der Waals surface area contributed by atoms with Crippen LogP contribution in [-0.2, 0) is 6.54 Å². The highest BCUT2D eigenvalue weighted by atomic mass is 16.5. The summed E-state index contributed by atoms with van der Waals surface area (Å²) in [6.45, 7) is 6.86. The Morgan fingerprint density at radius 1 is 1.10 bits per heavy atom. The summed E-state index contributed by atoms with van der Waals surface area (Å²) in [5.74, 6) is 0.730. The van der Waals surface area contributed by atoms with E-state index in [1.165, 1.54) is 11.1 Å². The highest BCUT2D eigenvalue weighted by Gasteiger charge is 2.04. The molecular formula is C17H22N2O. The third kappa shape index (κ3) is 3.92. The normalized spacial score (nSPS) is 10.6. The Balaban J connectivity index is 2.04. The number of nitrogens with two attached hydrogens (primary N) is 1. The first-order chi connectivity index (χ1) is 9.54. The van der Waals surface area contributed by atoms with Crippen LogP contribution in [0.5, 0.6) is 5.75 Å². The molecule has 0 unspecified atom stereocenters. The molecule has 0 amide bonds. The van der Waals surface area contributed by atoms with Crippen LogP contribution in [0.25, 0.3) is 0 Å². The first kappa shape index (κ1) is 14.3. The van der Waals surface area contributed by atoms with Crippen molar-refractivity contribution >= 4 is 11.4 Å². The Morgan fingerprint density at radius 3 is 2.45 bits per heavy atom. The standard InChI is InChI=1S/C17H22N2O/c1-12(2)20-17-10-15(8-9-16(17)18)19-11-14-6-4-13(3)5-7-14/h4-10,12,19H,11,18H2,1-3H3. The maximum absolute atomic E-state index is 5.91. The van der Waals surface area contributed by atoms with Crippen molar-refractivity contribution in [1.82, 2.24) is 0 Å². The second-order valence-electron chi connectivity index (χ2n) is 5.26. The highest BCUT2D eigenvalue weighted by molar-refractivity contribution is 5.61. The SMILES string of the molecule is Cc1ccc(CNc2ccc(N)c(OC(C)C)c2)cc1. The van der Waals surface area contributed by atoms with Gasteiger partial charge in [0.1, 0.15) is 5.75 Å². The zero-order chi connectivity index (χ0) is 14.5. The number of hydrogen-bond donors (Lipinski definition) is 2. The van der Waals surface area contributed by atoms with E-state index in [4.69, 9.17) is 10.5 Å². The molecule has 20 heavy (non-hydrogen) atoms. The monoisotopic (exact) mass is 270 g/mol. The fourth-order valence-corrected chi connectivity index (χ4v) is 1.91. The van der Waals surface area contributed by atoms with Crippen LogP contribution in [-0.4, -0.2) is 6.10 Å². The number of anilines is 2. The molecule has 0 fully saturated rings. The number of ether oxygens (including phenoxy) is 1. The van der Waals surface area contributed by atoms with E-state index >= 15 is 0 Å². The van der Waals surface area contributed by atoms with Crippen molar-refractivity contribution in [3.8, 4) is 5.75 Å². The highest BCUT2D eigenvalue weighted by Crippen LogP contribution is 2.26. The Kier molecular flexibility index (Phi) is 4.51. The van der Waals surface area contributed by atoms with Gasteiger partial charge in [0.05, 0.1) is 11.8 Å². The number of benzene rings is 2. The Morgan fingerprint density at radius 2 is 1.80 bits per heavy atom. The van der Waals surface area contributed by atoms with Crippen molar-refractivity contribution in [2.45, 2.75) is 33.4 Å². The number of hydrogen-bond acceptors (Lipinski definition) is 3. The van der Waals surface area contributed by atoms with Crippen molar-refractivity contribution in [3.05, 3.63) is 53.6 Å². The largest absolute Gasteiger partial charge is 0.489 e. The minimum atomic E-state index is 0.115. The van der Waals surface area contributed by atoms with Crippen LogP contribution in [0.4, 0.5) is 11.4 Å². The second kappa shape index (κ2) is 6.33. The molecule has 0 aromatic heterocycles. The third-order valence-corrected chi connectivity index (χ3v) is 2.99. The lowest BCUT2D eigenvalue weighted by molar-refractivity contribution is 0.244. The quantitative estimate of drug-likeness (QED) is 0.808. The molecule has 3 N–H and O–H groups in total. The molecule has 0 aliphatic heterocycles. The van der Waals surface area contributed by atoms with Crippen LogP contribution in [0.15, 0.2) is 42.5 Å². The molecule has 0 heterocycles. The summed E-state index contributed by atoms with van der Waals surface area (Å²) < 4.78 is 5.69. The second-order valence-corrected chi connectivity index (χ2v) is 5.26. The van der Waals surface area contributed by atoms with Gasteiger partial charge in [0.15, 0.2) is 0 Å². The molecule has 2 aromatic carbocycles. The predicted molar refractivity (Wildman–Crippen MR) is 85.1 cm³/mol. The van der Waals surface area contributed by atoms with E-state index in [0.29, 0.717) is 5.69 Å². The fourth-order valence-electron chi connectivity index (χ4n) is 1.91. The molecule has 3 heteroatoms. The molecule has 0 spiro atoms. The first-order valence-electron chi connectivity index (χ1n) is 6.90. The van der Waals surface area contributed by atoms with Gasteiger partial charge in [0, 0.05) is 18.3 Å². The summed E-state index contributed by atoms with van der Waals surface area (Å²) in [6.07, 6.45) is 0.115. The van der Waals surface area contributed by atoms with Gasteiger partial charge in [0.2, 0.25) is 0 Å². The van der Waals surface area contributed by atoms with E-state index in [0.717, 1.165) is 18.0 Å². The lowest BCUT2D eigenvalue weighted by Gasteiger charge is -2.14. The van der Waals surface area contributed by atoms with Gasteiger partial charge in [-0.05, 0) is 38.5 Å². The van der Waals surface area contributed by atoms with Crippen molar-refractivity contribution in [2.75, 3.05) is 11.1 Å². The van der Waals surface area contributed by atoms with E-state index in [9.17, 15) is 0 Å². The van der Waals surface area contributed by atoms with Gasteiger partial charge >= 0.3 is 0 Å². The summed E-state index contributed by atoms with van der Waals surface area (Å²) in [7, 11) is 0. The van der Waals surface area contributed by atoms with Crippen molar-refractivity contribution in [3.63, 3.8) is 0 Å². The van der Waals surface area contributed by atoms with E-state index in [1.807, 2.05) is 32.0 Å². The van der Waals surface area contributed by atoms with Crippen LogP contribution in [0.1, 0.15) is 25.0 Å². The number of aryl methyl sites for hydroxylation is 1. The molecule has 2 aromatic rings. The fraction of sp³-hybridized carbons (Fsp3) is 0.294. The Hall–Kier alpha value is -2.16. The summed E-state index contributed by atoms with van der Waals surface area (Å²) in [5.41, 5.74) is 10.1. The van der Waals surface area contributed by atoms with E-state index in [2.05, 4.69) is 36.5 Å². The average Bonchev–Trinajstić information content (AvgIpc) is 2.41. The number of nitrogens with one attached hydrogen (secondary N) is 1. The van der Waals surface area contributed by atoms with Crippen LogP contribution >= 0.6 is 0 Å². The molecule has 2 rings (SSSR count). The van der Waals surface area contributed by atoms with E-state index in [1.54, 1.807) is 0 Å². The molecule has 0 bridgehead atoms. The van der Waals surface area contributed by atoms with Crippen LogP contribution < -0.4 is 15.8 Å². The van der Waals surface area contributed by atoms with Gasteiger partial charge in [-0.15, -0.1) is 0 Å². The van der Waals surface area contributed by atoms with Crippen LogP contribution in [0, 0.1) is 6.92 Å². The average molecular weight is 270 g/mol. The summed E-state index contributed by atoms with van der Waals surface area (Å²) in [5, 5.41) is 3.39. The lowest BCUT2D eigenvalue weighted by Crippen LogP contribution is -2.08. The van der Waals surface area contributed by atoms with Gasteiger partial charge in [-0.1, -0.05) is 29.8 Å². The van der Waals surface area contributed by atoms with Crippen molar-refractivity contribution in [2.24, 2.45) is 0 Å². The molecule has 0 atom stereocenters. The maximum Gasteiger partial charge on any atom is 0.144 e. The van der Waals surface area contributed by atoms with Crippen LogP contribution in [0.3, 0.4) is 0 Å². The molecular weight excluding hydrogens is 248 g/mol. The lowest BCUT2D eigenvalue weighted by atomic mass is 10.1. The molecule has 0 aliphatic rings. The van der Waals surface area contributed by atoms with Gasteiger partial charge in [-0.25, -0.2) is 0 Å². The number of rotatable bonds is 5. The van der Waals surface area contributed by atoms with Gasteiger partial charge in [-0.3, -0.25) is 0 Å².